The van der Waals surface area contributed by atoms with Crippen LogP contribution in [-0.2, 0) is 0 Å². The molecule has 8 aromatic carbocycles. The molecule has 5 nitrogen and oxygen atoms in total. The minimum Gasteiger partial charge on any atom is -0.456 e. The molecule has 0 saturated heterocycles. The van der Waals surface area contributed by atoms with Crippen molar-refractivity contribution >= 4 is 71.4 Å². The van der Waals surface area contributed by atoms with Crippen molar-refractivity contribution < 1.29 is 9.10 Å². The van der Waals surface area contributed by atoms with E-state index < -0.39 is 0 Å². The summed E-state index contributed by atoms with van der Waals surface area (Å²) in [6.45, 7) is 0. The van der Waals surface area contributed by atoms with E-state index in [2.05, 4.69) is 207 Å². The first-order valence-electron chi connectivity index (χ1n) is 18.8. The van der Waals surface area contributed by atoms with E-state index >= 15 is 0 Å². The van der Waals surface area contributed by atoms with E-state index in [0.717, 1.165) is 50.2 Å². The molecule has 1 unspecified atom stereocenters. The summed E-state index contributed by atoms with van der Waals surface area (Å²) >= 11 is 0. The van der Waals surface area contributed by atoms with Crippen molar-refractivity contribution in [2.75, 3.05) is 0 Å². The monoisotopic (exact) mass is 705 g/mol. The molecular formula is C50H33N4O+. The van der Waals surface area contributed by atoms with Gasteiger partial charge < -0.3 is 8.98 Å². The second-order valence-electron chi connectivity index (χ2n) is 14.4. The van der Waals surface area contributed by atoms with E-state index in [1.165, 1.54) is 49.2 Å². The van der Waals surface area contributed by atoms with Crippen LogP contribution in [0, 0.1) is 0 Å². The Bertz CT molecular complexity index is 3300. The maximum Gasteiger partial charge on any atom is 0.308 e. The highest BCUT2D eigenvalue weighted by molar-refractivity contribution is 6.12. The topological polar surface area (TPSA) is 38.0 Å². The number of nitrogens with one attached hydrogen (secondary N) is 1. The van der Waals surface area contributed by atoms with E-state index in [1.807, 2.05) is 0 Å². The van der Waals surface area contributed by atoms with Crippen LogP contribution in [0.3, 0.4) is 0 Å². The molecule has 0 amide bonds. The highest BCUT2D eigenvalue weighted by atomic mass is 16.3. The average Bonchev–Trinajstić information content (AvgIpc) is 3.88. The maximum absolute atomic E-state index is 6.60. The Labute approximate surface area is 316 Å². The Morgan fingerprint density at radius 1 is 0.418 bits per heavy atom. The van der Waals surface area contributed by atoms with Gasteiger partial charge in [0.15, 0.2) is 0 Å². The van der Waals surface area contributed by atoms with E-state index in [1.54, 1.807) is 0 Å². The molecule has 12 rings (SSSR count). The van der Waals surface area contributed by atoms with Crippen molar-refractivity contribution in [3.63, 3.8) is 0 Å². The van der Waals surface area contributed by atoms with Crippen LogP contribution in [0.15, 0.2) is 192 Å². The molecule has 11 aromatic rings. The summed E-state index contributed by atoms with van der Waals surface area (Å²) in [5.74, 6) is 1.07. The molecule has 0 saturated carbocycles. The summed E-state index contributed by atoms with van der Waals surface area (Å²) in [6.07, 6.45) is -0.104. The van der Waals surface area contributed by atoms with Crippen molar-refractivity contribution in [1.82, 2.24) is 14.6 Å². The predicted molar refractivity (Wildman–Crippen MR) is 225 cm³/mol. The Morgan fingerprint density at radius 2 is 1.00 bits per heavy atom. The van der Waals surface area contributed by atoms with Crippen molar-refractivity contribution in [2.24, 2.45) is 0 Å². The number of hydrogen-bond donors (Lipinski definition) is 1. The number of amidine groups is 1. The Hall–Kier alpha value is -7.37. The lowest BCUT2D eigenvalue weighted by Crippen LogP contribution is -2.55. The first-order valence-corrected chi connectivity index (χ1v) is 18.8. The van der Waals surface area contributed by atoms with E-state index in [9.17, 15) is 0 Å². The highest BCUT2D eigenvalue weighted by Crippen LogP contribution is 2.39. The van der Waals surface area contributed by atoms with Crippen LogP contribution in [-0.4, -0.2) is 19.8 Å². The minimum atomic E-state index is -0.104. The molecule has 1 aliphatic rings. The second kappa shape index (κ2) is 11.6. The number of fused-ring (bicyclic) bond motifs is 9. The van der Waals surface area contributed by atoms with Crippen LogP contribution in [0.2, 0.25) is 0 Å². The fourth-order valence-electron chi connectivity index (χ4n) is 8.86. The fraction of sp³-hybridized carbons (Fsp3) is 0.0200. The van der Waals surface area contributed by atoms with Crippen molar-refractivity contribution in [3.8, 4) is 16.8 Å². The first-order chi connectivity index (χ1) is 27.3. The summed E-state index contributed by atoms with van der Waals surface area (Å²) in [4.78, 5) is 0. The molecule has 5 heteroatoms. The molecule has 0 spiro atoms. The third-order valence-corrected chi connectivity index (χ3v) is 11.4. The zero-order valence-corrected chi connectivity index (χ0v) is 29.7. The average molecular weight is 706 g/mol. The first kappa shape index (κ1) is 30.1. The smallest absolute Gasteiger partial charge is 0.308 e. The molecule has 3 aromatic heterocycles. The summed E-state index contributed by atoms with van der Waals surface area (Å²) in [5, 5.41) is 11.0. The predicted octanol–water partition coefficient (Wildman–Crippen LogP) is 12.0. The number of aromatic nitrogens is 2. The SMILES string of the molecule is c1ccc(C2=[N+](n3c4ccccc4c4ccccc43)C(c3ccc4c(c3)oc3ccc(-c5ccc6c(c5)c5ccccc5n6-c5ccccc5)cc34)N2)cc1. The third-order valence-electron chi connectivity index (χ3n) is 11.4. The van der Waals surface area contributed by atoms with Gasteiger partial charge in [0.1, 0.15) is 11.2 Å². The lowest BCUT2D eigenvalue weighted by atomic mass is 10.00. The normalized spacial score (nSPS) is 14.4. The molecule has 1 N–H and O–H groups in total. The van der Waals surface area contributed by atoms with Gasteiger partial charge in [-0.2, -0.15) is 4.68 Å². The van der Waals surface area contributed by atoms with Crippen LogP contribution < -0.4 is 5.32 Å². The van der Waals surface area contributed by atoms with Crippen LogP contribution in [0.25, 0.3) is 82.4 Å². The molecule has 1 atom stereocenters. The molecular weight excluding hydrogens is 673 g/mol. The number of hydrogen-bond acceptors (Lipinski definition) is 2. The van der Waals surface area contributed by atoms with Gasteiger partial charge in [-0.3, -0.25) is 0 Å². The summed E-state index contributed by atoms with van der Waals surface area (Å²) in [6, 6.07) is 67.3. The molecule has 55 heavy (non-hydrogen) atoms. The fourth-order valence-corrected chi connectivity index (χ4v) is 8.86. The van der Waals surface area contributed by atoms with Gasteiger partial charge in [-0.1, -0.05) is 103 Å². The van der Waals surface area contributed by atoms with Crippen molar-refractivity contribution in [3.05, 3.63) is 199 Å². The number of para-hydroxylation sites is 4. The van der Waals surface area contributed by atoms with Gasteiger partial charge in [-0.05, 0) is 96.1 Å². The Morgan fingerprint density at radius 3 is 1.73 bits per heavy atom. The number of benzene rings is 8. The number of furan rings is 1. The lowest BCUT2D eigenvalue weighted by Gasteiger charge is -2.30. The van der Waals surface area contributed by atoms with Crippen LogP contribution in [0.5, 0.6) is 0 Å². The molecule has 4 heterocycles. The molecule has 0 radical (unpaired) electrons. The highest BCUT2D eigenvalue weighted by Gasteiger charge is 2.42. The van der Waals surface area contributed by atoms with Crippen LogP contribution >= 0.6 is 0 Å². The van der Waals surface area contributed by atoms with Gasteiger partial charge in [-0.15, -0.1) is 4.68 Å². The largest absolute Gasteiger partial charge is 0.456 e. The lowest BCUT2D eigenvalue weighted by molar-refractivity contribution is -0.652. The van der Waals surface area contributed by atoms with Gasteiger partial charge in [0.05, 0.1) is 27.6 Å². The third kappa shape index (κ3) is 4.44. The van der Waals surface area contributed by atoms with Crippen molar-refractivity contribution in [1.29, 1.82) is 0 Å². The Kier molecular flexibility index (Phi) is 6.33. The second-order valence-corrected chi connectivity index (χ2v) is 14.4. The summed E-state index contributed by atoms with van der Waals surface area (Å²) < 4.78 is 13.7. The number of nitrogens with zero attached hydrogens (tertiary/aromatic N) is 3. The van der Waals surface area contributed by atoms with Gasteiger partial charge in [-0.25, -0.2) is 5.32 Å². The molecule has 1 aliphatic heterocycles. The van der Waals surface area contributed by atoms with E-state index in [0.29, 0.717) is 0 Å². The minimum absolute atomic E-state index is 0.104. The molecule has 0 aliphatic carbocycles. The standard InChI is InChI=1S/C50H32N4O/c1-3-13-32(14-4-1)49-51-50(54(49)53-45-21-11-8-17-37(45)38-18-9-12-22-46(38)53)35-23-26-40-42-30-34(25-28-47(42)55-48(40)31-35)33-24-27-44-41(29-33)39-19-7-10-20-43(39)52(44)36-15-5-2-6-16-36/h1-31,50H/p+1. The summed E-state index contributed by atoms with van der Waals surface area (Å²) in [5.41, 5.74) is 12.3. The van der Waals surface area contributed by atoms with E-state index in [-0.39, 0.29) is 6.17 Å². The van der Waals surface area contributed by atoms with Crippen molar-refractivity contribution in [2.45, 2.75) is 6.17 Å². The molecule has 0 bridgehead atoms. The quantitative estimate of drug-likeness (QED) is 0.181. The zero-order valence-electron chi connectivity index (χ0n) is 29.7. The number of rotatable bonds is 5. The van der Waals surface area contributed by atoms with Gasteiger partial charge in [0, 0.05) is 43.6 Å². The summed E-state index contributed by atoms with van der Waals surface area (Å²) in [7, 11) is 0. The van der Waals surface area contributed by atoms with Gasteiger partial charge in [0.2, 0.25) is 0 Å². The van der Waals surface area contributed by atoms with Gasteiger partial charge in [0.25, 0.3) is 6.17 Å². The maximum atomic E-state index is 6.60. The van der Waals surface area contributed by atoms with Crippen LogP contribution in [0.4, 0.5) is 0 Å². The molecule has 258 valence electrons. The van der Waals surface area contributed by atoms with Crippen LogP contribution in [0.1, 0.15) is 17.3 Å². The molecule has 0 fully saturated rings. The van der Waals surface area contributed by atoms with E-state index in [4.69, 9.17) is 4.42 Å². The zero-order chi connectivity index (χ0) is 36.0. The Balaban J connectivity index is 0.974. The van der Waals surface area contributed by atoms with Gasteiger partial charge >= 0.3 is 5.84 Å².